The van der Waals surface area contributed by atoms with Gasteiger partial charge in [0.2, 0.25) is 0 Å². The van der Waals surface area contributed by atoms with Gasteiger partial charge in [0.05, 0.1) is 0 Å². The highest BCUT2D eigenvalue weighted by atomic mass is 32.2. The lowest BCUT2D eigenvalue weighted by Crippen LogP contribution is -1.99. The number of para-hydroxylation sites is 1. The van der Waals surface area contributed by atoms with Gasteiger partial charge in [0.1, 0.15) is 0 Å². The van der Waals surface area contributed by atoms with Crippen LogP contribution in [0.25, 0.3) is 0 Å². The molecule has 0 aliphatic carbocycles. The summed E-state index contributed by atoms with van der Waals surface area (Å²) >= 11 is 2.33. The van der Waals surface area contributed by atoms with Crippen molar-refractivity contribution in [3.05, 3.63) is 46.2 Å². The highest BCUT2D eigenvalue weighted by molar-refractivity contribution is 7.99. The summed E-state index contributed by atoms with van der Waals surface area (Å²) < 4.78 is 24.9. The number of rotatable bonds is 6. The standard InChI is InChI=1S/C14H15F2NS2/c1-2-10-7-8-11(18-10)9-17-12-5-3-4-6-13(12)19-14(15)16/h3-8,14,17H,2,9H2,1H3. The largest absolute Gasteiger partial charge is 0.379 e. The molecule has 0 atom stereocenters. The van der Waals surface area contributed by atoms with E-state index in [0.717, 1.165) is 12.1 Å². The van der Waals surface area contributed by atoms with Gasteiger partial charge < -0.3 is 5.32 Å². The second-order valence-corrected chi connectivity index (χ2v) is 6.23. The number of thiophene rings is 1. The van der Waals surface area contributed by atoms with Crippen LogP contribution in [0.3, 0.4) is 0 Å². The Morgan fingerprint density at radius 2 is 1.89 bits per heavy atom. The van der Waals surface area contributed by atoms with Crippen LogP contribution in [0, 0.1) is 0 Å². The fraction of sp³-hybridized carbons (Fsp3) is 0.286. The molecule has 1 heterocycles. The number of benzene rings is 1. The van der Waals surface area contributed by atoms with Crippen molar-refractivity contribution in [2.45, 2.75) is 30.5 Å². The van der Waals surface area contributed by atoms with E-state index in [4.69, 9.17) is 0 Å². The Morgan fingerprint density at radius 3 is 2.58 bits per heavy atom. The zero-order valence-electron chi connectivity index (χ0n) is 10.5. The number of halogens is 2. The molecule has 102 valence electrons. The molecule has 19 heavy (non-hydrogen) atoms. The first-order valence-corrected chi connectivity index (χ1v) is 7.74. The van der Waals surface area contributed by atoms with Crippen LogP contribution in [0.2, 0.25) is 0 Å². The predicted octanol–water partition coefficient (Wildman–Crippen LogP) is 5.24. The van der Waals surface area contributed by atoms with E-state index in [1.54, 1.807) is 23.5 Å². The molecule has 0 bridgehead atoms. The van der Waals surface area contributed by atoms with Gasteiger partial charge in [-0.1, -0.05) is 30.8 Å². The van der Waals surface area contributed by atoms with Gasteiger partial charge in [0, 0.05) is 26.9 Å². The van der Waals surface area contributed by atoms with E-state index in [-0.39, 0.29) is 0 Å². The Balaban J connectivity index is 2.02. The summed E-state index contributed by atoms with van der Waals surface area (Å²) in [7, 11) is 0. The molecule has 1 aromatic heterocycles. The SMILES string of the molecule is CCc1ccc(CNc2ccccc2SC(F)F)s1. The van der Waals surface area contributed by atoms with Crippen LogP contribution in [-0.4, -0.2) is 5.76 Å². The number of aryl methyl sites for hydroxylation is 1. The van der Waals surface area contributed by atoms with Crippen LogP contribution in [0.4, 0.5) is 14.5 Å². The van der Waals surface area contributed by atoms with Crippen molar-refractivity contribution in [2.75, 3.05) is 5.32 Å². The molecule has 2 rings (SSSR count). The van der Waals surface area contributed by atoms with Crippen molar-refractivity contribution in [3.8, 4) is 0 Å². The molecule has 0 aliphatic heterocycles. The monoisotopic (exact) mass is 299 g/mol. The van der Waals surface area contributed by atoms with E-state index >= 15 is 0 Å². The van der Waals surface area contributed by atoms with Crippen molar-refractivity contribution < 1.29 is 8.78 Å². The lowest BCUT2D eigenvalue weighted by Gasteiger charge is -2.10. The number of thioether (sulfide) groups is 1. The molecule has 0 amide bonds. The molecule has 0 saturated heterocycles. The van der Waals surface area contributed by atoms with Gasteiger partial charge in [-0.2, -0.15) is 8.78 Å². The maximum atomic E-state index is 12.5. The van der Waals surface area contributed by atoms with Crippen molar-refractivity contribution in [1.82, 2.24) is 0 Å². The average molecular weight is 299 g/mol. The third-order valence-corrected chi connectivity index (χ3v) is 4.64. The summed E-state index contributed by atoms with van der Waals surface area (Å²) in [6.07, 6.45) is 1.03. The smallest absolute Gasteiger partial charge is 0.288 e. The van der Waals surface area contributed by atoms with Crippen molar-refractivity contribution in [2.24, 2.45) is 0 Å². The molecule has 1 aromatic carbocycles. The molecule has 0 unspecified atom stereocenters. The number of hydrogen-bond donors (Lipinski definition) is 1. The minimum atomic E-state index is -2.39. The third-order valence-electron chi connectivity index (χ3n) is 2.62. The van der Waals surface area contributed by atoms with Crippen molar-refractivity contribution >= 4 is 28.8 Å². The summed E-state index contributed by atoms with van der Waals surface area (Å²) in [5, 5.41) is 3.23. The Kier molecular flexibility index (Phi) is 5.22. The molecule has 1 nitrogen and oxygen atoms in total. The number of hydrogen-bond acceptors (Lipinski definition) is 3. The fourth-order valence-electron chi connectivity index (χ4n) is 1.70. The number of nitrogens with one attached hydrogen (secondary N) is 1. The van der Waals surface area contributed by atoms with E-state index in [9.17, 15) is 8.78 Å². The van der Waals surface area contributed by atoms with Crippen LogP contribution in [0.5, 0.6) is 0 Å². The van der Waals surface area contributed by atoms with Crippen LogP contribution in [-0.2, 0) is 13.0 Å². The number of alkyl halides is 2. The van der Waals surface area contributed by atoms with Gasteiger partial charge in [-0.15, -0.1) is 11.3 Å². The van der Waals surface area contributed by atoms with Crippen molar-refractivity contribution in [3.63, 3.8) is 0 Å². The molecule has 0 spiro atoms. The first-order valence-electron chi connectivity index (χ1n) is 6.04. The molecule has 0 saturated carbocycles. The van der Waals surface area contributed by atoms with Gasteiger partial charge in [-0.25, -0.2) is 0 Å². The summed E-state index contributed by atoms with van der Waals surface area (Å²) in [4.78, 5) is 3.14. The highest BCUT2D eigenvalue weighted by Crippen LogP contribution is 2.32. The summed E-state index contributed by atoms with van der Waals surface area (Å²) in [5.41, 5.74) is 0.763. The lowest BCUT2D eigenvalue weighted by atomic mass is 10.3. The van der Waals surface area contributed by atoms with E-state index in [1.165, 1.54) is 9.75 Å². The van der Waals surface area contributed by atoms with Crippen LogP contribution in [0.1, 0.15) is 16.7 Å². The van der Waals surface area contributed by atoms with Gasteiger partial charge in [-0.3, -0.25) is 0 Å². The van der Waals surface area contributed by atoms with Crippen LogP contribution < -0.4 is 5.32 Å². The van der Waals surface area contributed by atoms with Crippen LogP contribution in [0.15, 0.2) is 41.3 Å². The molecule has 0 aliphatic rings. The second-order valence-electron chi connectivity index (χ2n) is 3.95. The first-order chi connectivity index (χ1) is 9.19. The zero-order valence-corrected chi connectivity index (χ0v) is 12.2. The molecule has 0 radical (unpaired) electrons. The van der Waals surface area contributed by atoms with Gasteiger partial charge in [0.25, 0.3) is 5.76 Å². The second kappa shape index (κ2) is 6.91. The normalized spacial score (nSPS) is 10.9. The topological polar surface area (TPSA) is 12.0 Å². The summed E-state index contributed by atoms with van der Waals surface area (Å²) in [6, 6.07) is 11.4. The highest BCUT2D eigenvalue weighted by Gasteiger charge is 2.09. The predicted molar refractivity (Wildman–Crippen MR) is 79.3 cm³/mol. The summed E-state index contributed by atoms with van der Waals surface area (Å²) in [6.45, 7) is 2.79. The molecule has 0 fully saturated rings. The summed E-state index contributed by atoms with van der Waals surface area (Å²) in [5.74, 6) is -2.39. The molecule has 1 N–H and O–H groups in total. The van der Waals surface area contributed by atoms with E-state index in [1.807, 2.05) is 12.1 Å². The quantitative estimate of drug-likeness (QED) is 0.732. The molecule has 5 heteroatoms. The maximum absolute atomic E-state index is 12.5. The van der Waals surface area contributed by atoms with E-state index in [0.29, 0.717) is 23.2 Å². The lowest BCUT2D eigenvalue weighted by molar-refractivity contribution is 0.252. The molecule has 2 aromatic rings. The average Bonchev–Trinajstić information content (AvgIpc) is 2.85. The fourth-order valence-corrected chi connectivity index (χ4v) is 3.21. The minimum Gasteiger partial charge on any atom is -0.379 e. The molecular formula is C14H15F2NS2. The van der Waals surface area contributed by atoms with E-state index < -0.39 is 5.76 Å². The Morgan fingerprint density at radius 1 is 1.16 bits per heavy atom. The van der Waals surface area contributed by atoms with Gasteiger partial charge >= 0.3 is 0 Å². The van der Waals surface area contributed by atoms with Gasteiger partial charge in [-0.05, 0) is 30.7 Å². The minimum absolute atomic E-state index is 0.577. The van der Waals surface area contributed by atoms with E-state index in [2.05, 4.69) is 24.4 Å². The Bertz CT molecular complexity index is 526. The third kappa shape index (κ3) is 4.21. The Hall–Kier alpha value is -1.07. The first kappa shape index (κ1) is 14.3. The zero-order chi connectivity index (χ0) is 13.7. The van der Waals surface area contributed by atoms with Crippen molar-refractivity contribution in [1.29, 1.82) is 0 Å². The molecular weight excluding hydrogens is 284 g/mol. The Labute approximate surface area is 120 Å². The van der Waals surface area contributed by atoms with Crippen LogP contribution >= 0.6 is 23.1 Å². The number of anilines is 1. The maximum Gasteiger partial charge on any atom is 0.288 e. The van der Waals surface area contributed by atoms with Gasteiger partial charge in [0.15, 0.2) is 0 Å².